The molecule has 0 amide bonds. The van der Waals surface area contributed by atoms with E-state index in [1.54, 1.807) is 24.7 Å². The van der Waals surface area contributed by atoms with Crippen molar-refractivity contribution in [1.82, 2.24) is 19.5 Å². The first-order valence-corrected chi connectivity index (χ1v) is 6.51. The molecule has 0 bridgehead atoms. The first-order chi connectivity index (χ1) is 10.1. The highest BCUT2D eigenvalue weighted by Gasteiger charge is 2.06. The largest absolute Gasteiger partial charge is 0.329 e. The fourth-order valence-corrected chi connectivity index (χ4v) is 2.18. The van der Waals surface area contributed by atoms with Crippen LogP contribution in [0.3, 0.4) is 0 Å². The van der Waals surface area contributed by atoms with Gasteiger partial charge >= 0.3 is 0 Å². The summed E-state index contributed by atoms with van der Waals surface area (Å²) in [5.74, 6) is 0. The number of nitrogens with zero attached hydrogens (tertiary/aromatic N) is 2. The Morgan fingerprint density at radius 2 is 2.10 bits per heavy atom. The van der Waals surface area contributed by atoms with Gasteiger partial charge in [-0.1, -0.05) is 0 Å². The van der Waals surface area contributed by atoms with Crippen molar-refractivity contribution in [2.75, 3.05) is 0 Å². The highest BCUT2D eigenvalue weighted by atomic mass is 16.1. The Balaban J connectivity index is 1.95. The van der Waals surface area contributed by atoms with Crippen molar-refractivity contribution < 1.29 is 0 Å². The van der Waals surface area contributed by atoms with Crippen LogP contribution in [0.2, 0.25) is 0 Å². The number of pyridine rings is 2. The molecule has 0 aliphatic carbocycles. The summed E-state index contributed by atoms with van der Waals surface area (Å²) in [7, 11) is 0. The van der Waals surface area contributed by atoms with Crippen molar-refractivity contribution in [3.05, 3.63) is 75.1 Å². The lowest BCUT2D eigenvalue weighted by Crippen LogP contribution is -2.14. The van der Waals surface area contributed by atoms with Crippen LogP contribution in [0.15, 0.2) is 52.6 Å². The number of H-pyrrole nitrogens is 2. The van der Waals surface area contributed by atoms with Crippen LogP contribution in [0.25, 0.3) is 11.1 Å². The quantitative estimate of drug-likeness (QED) is 0.759. The molecule has 0 radical (unpaired) electrons. The van der Waals surface area contributed by atoms with Gasteiger partial charge in [0, 0.05) is 35.4 Å². The molecule has 0 saturated heterocycles. The van der Waals surface area contributed by atoms with Crippen molar-refractivity contribution in [3.63, 3.8) is 0 Å². The zero-order chi connectivity index (χ0) is 14.8. The smallest absolute Gasteiger partial charge is 0.256 e. The number of aromatic nitrogens is 4. The van der Waals surface area contributed by atoms with Crippen LogP contribution in [0.1, 0.15) is 11.4 Å². The zero-order valence-electron chi connectivity index (χ0n) is 11.5. The van der Waals surface area contributed by atoms with E-state index >= 15 is 0 Å². The van der Waals surface area contributed by atoms with E-state index in [1.807, 2.05) is 17.6 Å². The van der Waals surface area contributed by atoms with Gasteiger partial charge in [-0.05, 0) is 30.7 Å². The Kier molecular flexibility index (Phi) is 3.27. The average molecular weight is 282 g/mol. The number of hydrogen-bond acceptors (Lipinski definition) is 3. The molecule has 106 valence electrons. The first-order valence-electron chi connectivity index (χ1n) is 6.51. The number of aryl methyl sites for hydroxylation is 1. The van der Waals surface area contributed by atoms with Crippen LogP contribution in [-0.2, 0) is 6.54 Å². The second-order valence-electron chi connectivity index (χ2n) is 4.83. The standard InChI is InChI=1S/C15H14N4O2/c1-10-7-16-9-19(10)8-12-2-3-13(15(21)18-12)11-4-5-17-14(20)6-11/h2-7,9H,8H2,1H3,(H,17,20)(H,18,21). The number of hydrogen-bond donors (Lipinski definition) is 2. The van der Waals surface area contributed by atoms with E-state index in [4.69, 9.17) is 0 Å². The van der Waals surface area contributed by atoms with E-state index in [0.29, 0.717) is 17.7 Å². The molecule has 0 aliphatic heterocycles. The molecule has 0 atom stereocenters. The highest BCUT2D eigenvalue weighted by molar-refractivity contribution is 5.61. The van der Waals surface area contributed by atoms with Crippen molar-refractivity contribution >= 4 is 0 Å². The van der Waals surface area contributed by atoms with Crippen LogP contribution in [0, 0.1) is 6.92 Å². The Labute approximate surface area is 120 Å². The van der Waals surface area contributed by atoms with E-state index in [9.17, 15) is 9.59 Å². The maximum absolute atomic E-state index is 12.2. The fourth-order valence-electron chi connectivity index (χ4n) is 2.18. The number of aromatic amines is 2. The normalized spacial score (nSPS) is 10.7. The zero-order valence-corrected chi connectivity index (χ0v) is 11.5. The van der Waals surface area contributed by atoms with Crippen molar-refractivity contribution in [2.45, 2.75) is 13.5 Å². The number of rotatable bonds is 3. The summed E-state index contributed by atoms with van der Waals surface area (Å²) in [5.41, 5.74) is 2.45. The topological polar surface area (TPSA) is 83.5 Å². The molecule has 0 spiro atoms. The van der Waals surface area contributed by atoms with E-state index < -0.39 is 0 Å². The van der Waals surface area contributed by atoms with E-state index in [2.05, 4.69) is 15.0 Å². The van der Waals surface area contributed by atoms with Gasteiger partial charge in [0.25, 0.3) is 5.56 Å². The maximum atomic E-state index is 12.2. The van der Waals surface area contributed by atoms with E-state index in [-0.39, 0.29) is 11.1 Å². The SMILES string of the molecule is Cc1cncn1Cc1ccc(-c2cc[nH]c(=O)c2)c(=O)[nH]1. The molecule has 0 aliphatic rings. The second kappa shape index (κ2) is 5.24. The first kappa shape index (κ1) is 13.1. The van der Waals surface area contributed by atoms with Crippen LogP contribution < -0.4 is 11.1 Å². The molecule has 3 rings (SSSR count). The van der Waals surface area contributed by atoms with Gasteiger partial charge in [0.15, 0.2) is 0 Å². The molecular weight excluding hydrogens is 268 g/mol. The predicted molar refractivity (Wildman–Crippen MR) is 79.2 cm³/mol. The van der Waals surface area contributed by atoms with Crippen LogP contribution in [0.4, 0.5) is 0 Å². The minimum absolute atomic E-state index is 0.212. The summed E-state index contributed by atoms with van der Waals surface area (Å²) >= 11 is 0. The van der Waals surface area contributed by atoms with Crippen LogP contribution in [-0.4, -0.2) is 19.5 Å². The molecule has 3 heterocycles. The molecule has 3 aromatic rings. The van der Waals surface area contributed by atoms with Crippen molar-refractivity contribution in [2.24, 2.45) is 0 Å². The fraction of sp³-hybridized carbons (Fsp3) is 0.133. The summed E-state index contributed by atoms with van der Waals surface area (Å²) in [6.07, 6.45) is 5.01. The molecule has 2 N–H and O–H groups in total. The van der Waals surface area contributed by atoms with Crippen LogP contribution >= 0.6 is 0 Å². The van der Waals surface area contributed by atoms with Crippen LogP contribution in [0.5, 0.6) is 0 Å². The van der Waals surface area contributed by atoms with Crippen molar-refractivity contribution in [3.8, 4) is 11.1 Å². The lowest BCUT2D eigenvalue weighted by atomic mass is 10.1. The third-order valence-corrected chi connectivity index (χ3v) is 3.32. The molecule has 0 fully saturated rings. The minimum Gasteiger partial charge on any atom is -0.329 e. The second-order valence-corrected chi connectivity index (χ2v) is 4.83. The molecule has 0 saturated carbocycles. The van der Waals surface area contributed by atoms with Gasteiger partial charge in [0.05, 0.1) is 12.9 Å². The molecule has 3 aromatic heterocycles. The molecule has 0 unspecified atom stereocenters. The number of nitrogens with one attached hydrogen (secondary N) is 2. The van der Waals surface area contributed by atoms with Gasteiger partial charge in [-0.25, -0.2) is 4.98 Å². The third-order valence-electron chi connectivity index (χ3n) is 3.32. The van der Waals surface area contributed by atoms with Crippen molar-refractivity contribution in [1.29, 1.82) is 0 Å². The average Bonchev–Trinajstić information content (AvgIpc) is 2.84. The minimum atomic E-state index is -0.231. The molecule has 6 heteroatoms. The highest BCUT2D eigenvalue weighted by Crippen LogP contribution is 2.12. The monoisotopic (exact) mass is 282 g/mol. The predicted octanol–water partition coefficient (Wildman–Crippen LogP) is 1.28. The number of imidazole rings is 1. The van der Waals surface area contributed by atoms with E-state index in [0.717, 1.165) is 11.4 Å². The Bertz CT molecular complexity index is 889. The molecular formula is C15H14N4O2. The molecule has 0 aromatic carbocycles. The summed E-state index contributed by atoms with van der Waals surface area (Å²) in [6.45, 7) is 2.51. The van der Waals surface area contributed by atoms with Gasteiger partial charge in [-0.2, -0.15) is 0 Å². The Morgan fingerprint density at radius 3 is 2.76 bits per heavy atom. The van der Waals surface area contributed by atoms with Gasteiger partial charge in [0.1, 0.15) is 0 Å². The van der Waals surface area contributed by atoms with Gasteiger partial charge in [0.2, 0.25) is 5.56 Å². The van der Waals surface area contributed by atoms with Gasteiger partial charge < -0.3 is 14.5 Å². The summed E-state index contributed by atoms with van der Waals surface area (Å²) in [6, 6.07) is 6.68. The lowest BCUT2D eigenvalue weighted by Gasteiger charge is -2.06. The third kappa shape index (κ3) is 2.69. The van der Waals surface area contributed by atoms with Gasteiger partial charge in [-0.3, -0.25) is 9.59 Å². The Hall–Kier alpha value is -2.89. The lowest BCUT2D eigenvalue weighted by molar-refractivity contribution is 0.746. The Morgan fingerprint density at radius 1 is 1.24 bits per heavy atom. The molecule has 6 nitrogen and oxygen atoms in total. The maximum Gasteiger partial charge on any atom is 0.256 e. The summed E-state index contributed by atoms with van der Waals surface area (Å²) in [5, 5.41) is 0. The van der Waals surface area contributed by atoms with E-state index in [1.165, 1.54) is 12.3 Å². The molecule has 21 heavy (non-hydrogen) atoms. The van der Waals surface area contributed by atoms with Gasteiger partial charge in [-0.15, -0.1) is 0 Å². The summed E-state index contributed by atoms with van der Waals surface area (Å²) in [4.78, 5) is 32.9. The summed E-state index contributed by atoms with van der Waals surface area (Å²) < 4.78 is 1.94.